The van der Waals surface area contributed by atoms with E-state index in [1.807, 2.05) is 63.2 Å². The van der Waals surface area contributed by atoms with Crippen molar-refractivity contribution in [2.24, 2.45) is 0 Å². The van der Waals surface area contributed by atoms with Gasteiger partial charge in [-0.2, -0.15) is 0 Å². The Morgan fingerprint density at radius 3 is 2.21 bits per heavy atom. The number of aromatic hydroxyl groups is 1. The van der Waals surface area contributed by atoms with Crippen LogP contribution in [0.2, 0.25) is 0 Å². The number of nitrogens with zero attached hydrogens (tertiary/aromatic N) is 1. The third-order valence-electron chi connectivity index (χ3n) is 6.78. The Hall–Kier alpha value is -4.59. The van der Waals surface area contributed by atoms with Gasteiger partial charge in [0.15, 0.2) is 0 Å². The lowest BCUT2D eigenvalue weighted by atomic mass is 9.97. The third-order valence-corrected chi connectivity index (χ3v) is 6.78. The van der Waals surface area contributed by atoms with Crippen molar-refractivity contribution in [1.82, 2.24) is 10.2 Å². The second-order valence-electron chi connectivity index (χ2n) is 11.4. The maximum Gasteiger partial charge on any atom is 0.408 e. The van der Waals surface area contributed by atoms with Gasteiger partial charge in [0.25, 0.3) is 5.91 Å². The summed E-state index contributed by atoms with van der Waals surface area (Å²) in [4.78, 5) is 42.7. The number of para-hydroxylation sites is 1. The summed E-state index contributed by atoms with van der Waals surface area (Å²) in [6.07, 6.45) is 0.897. The summed E-state index contributed by atoms with van der Waals surface area (Å²) in [6, 6.07) is 17.3. The van der Waals surface area contributed by atoms with Crippen LogP contribution in [0.3, 0.4) is 0 Å². The molecule has 3 aromatic carbocycles. The van der Waals surface area contributed by atoms with Crippen LogP contribution in [0.1, 0.15) is 54.6 Å². The molecule has 0 fully saturated rings. The Morgan fingerprint density at radius 1 is 0.952 bits per heavy atom. The second kappa shape index (κ2) is 13.9. The van der Waals surface area contributed by atoms with Gasteiger partial charge in [0.05, 0.1) is 0 Å². The summed E-state index contributed by atoms with van der Waals surface area (Å²) in [5.41, 5.74) is 4.08. The standard InChI is InChI=1S/C34H41N3O5/c1-8-19-37(32(40)29(36-33(41)42-34(5,6)7)21-25-14-17-27(38)18-15-25)30(26-16-13-22(2)24(4)20-26)31(39)35-28-12-10-9-11-23(28)3/h8-18,20,29-30,38H,1,19,21H2,2-7H3,(H,35,39)(H,36,41). The van der Waals surface area contributed by atoms with Crippen LogP contribution < -0.4 is 10.6 Å². The van der Waals surface area contributed by atoms with Crippen LogP contribution in [-0.2, 0) is 20.7 Å². The van der Waals surface area contributed by atoms with Gasteiger partial charge in [-0.25, -0.2) is 4.79 Å². The molecule has 0 aliphatic heterocycles. The SMILES string of the molecule is C=CCN(C(=O)C(Cc1ccc(O)cc1)NC(=O)OC(C)(C)C)C(C(=O)Nc1ccccc1C)c1ccc(C)c(C)c1. The zero-order chi connectivity index (χ0) is 31.0. The number of benzene rings is 3. The highest BCUT2D eigenvalue weighted by molar-refractivity contribution is 5.99. The first-order valence-corrected chi connectivity index (χ1v) is 13.9. The molecule has 8 heteroatoms. The summed E-state index contributed by atoms with van der Waals surface area (Å²) >= 11 is 0. The second-order valence-corrected chi connectivity index (χ2v) is 11.4. The van der Waals surface area contributed by atoms with Gasteiger partial charge < -0.3 is 25.4 Å². The van der Waals surface area contributed by atoms with Crippen molar-refractivity contribution >= 4 is 23.6 Å². The molecule has 0 bridgehead atoms. The molecule has 0 saturated heterocycles. The fourth-order valence-corrected chi connectivity index (χ4v) is 4.50. The number of carbonyl (C=O) groups is 3. The van der Waals surface area contributed by atoms with Crippen LogP contribution >= 0.6 is 0 Å². The molecule has 0 heterocycles. The minimum absolute atomic E-state index is 0.0414. The molecule has 2 atom stereocenters. The molecule has 0 saturated carbocycles. The lowest BCUT2D eigenvalue weighted by molar-refractivity contribution is -0.140. The van der Waals surface area contributed by atoms with E-state index in [4.69, 9.17) is 4.74 Å². The molecule has 3 aromatic rings. The quantitative estimate of drug-likeness (QED) is 0.253. The van der Waals surface area contributed by atoms with Crippen molar-refractivity contribution in [2.45, 2.75) is 65.6 Å². The molecule has 3 amide bonds. The summed E-state index contributed by atoms with van der Waals surface area (Å²) in [5, 5.41) is 15.5. The van der Waals surface area contributed by atoms with Crippen LogP contribution in [0.15, 0.2) is 79.4 Å². The molecule has 222 valence electrons. The number of aryl methyl sites for hydroxylation is 3. The monoisotopic (exact) mass is 571 g/mol. The molecule has 0 aliphatic rings. The van der Waals surface area contributed by atoms with E-state index in [9.17, 15) is 19.5 Å². The average Bonchev–Trinajstić information content (AvgIpc) is 2.91. The summed E-state index contributed by atoms with van der Waals surface area (Å²) in [5.74, 6) is -0.807. The molecule has 42 heavy (non-hydrogen) atoms. The van der Waals surface area contributed by atoms with E-state index in [0.717, 1.165) is 16.7 Å². The number of phenolic OH excluding ortho intramolecular Hbond substituents is 1. The zero-order valence-electron chi connectivity index (χ0n) is 25.2. The van der Waals surface area contributed by atoms with Gasteiger partial charge in [-0.15, -0.1) is 6.58 Å². The van der Waals surface area contributed by atoms with E-state index in [-0.39, 0.29) is 18.7 Å². The van der Waals surface area contributed by atoms with Gasteiger partial charge >= 0.3 is 6.09 Å². The Labute approximate surface area is 248 Å². The maximum atomic E-state index is 14.4. The number of ether oxygens (including phenoxy) is 1. The van der Waals surface area contributed by atoms with Crippen LogP contribution in [0.25, 0.3) is 0 Å². The maximum absolute atomic E-state index is 14.4. The molecule has 0 aliphatic carbocycles. The minimum Gasteiger partial charge on any atom is -0.508 e. The third kappa shape index (κ3) is 8.70. The van der Waals surface area contributed by atoms with Crippen molar-refractivity contribution < 1.29 is 24.2 Å². The molecular weight excluding hydrogens is 530 g/mol. The van der Waals surface area contributed by atoms with Crippen LogP contribution in [0.4, 0.5) is 10.5 Å². The number of carbonyl (C=O) groups excluding carboxylic acids is 3. The van der Waals surface area contributed by atoms with Crippen molar-refractivity contribution in [3.63, 3.8) is 0 Å². The summed E-state index contributed by atoms with van der Waals surface area (Å²) < 4.78 is 5.47. The van der Waals surface area contributed by atoms with Gasteiger partial charge in [0, 0.05) is 18.7 Å². The van der Waals surface area contributed by atoms with E-state index >= 15 is 0 Å². The van der Waals surface area contributed by atoms with Gasteiger partial charge in [0.2, 0.25) is 5.91 Å². The molecule has 2 unspecified atom stereocenters. The fourth-order valence-electron chi connectivity index (χ4n) is 4.50. The van der Waals surface area contributed by atoms with Crippen LogP contribution in [-0.4, -0.2) is 46.1 Å². The molecule has 3 rings (SSSR count). The lowest BCUT2D eigenvalue weighted by Gasteiger charge is -2.34. The van der Waals surface area contributed by atoms with Crippen LogP contribution in [0, 0.1) is 20.8 Å². The average molecular weight is 572 g/mol. The molecule has 0 radical (unpaired) electrons. The van der Waals surface area contributed by atoms with Crippen molar-refractivity contribution in [2.75, 3.05) is 11.9 Å². The number of nitrogens with one attached hydrogen (secondary N) is 2. The Balaban J connectivity index is 2.08. The van der Waals surface area contributed by atoms with E-state index in [2.05, 4.69) is 17.2 Å². The van der Waals surface area contributed by atoms with Crippen molar-refractivity contribution in [3.8, 4) is 5.75 Å². The highest BCUT2D eigenvalue weighted by Gasteiger charge is 2.36. The van der Waals surface area contributed by atoms with Crippen molar-refractivity contribution in [3.05, 3.63) is 107 Å². The fraction of sp³-hybridized carbons (Fsp3) is 0.324. The minimum atomic E-state index is -1.08. The van der Waals surface area contributed by atoms with E-state index in [1.165, 1.54) is 17.0 Å². The van der Waals surface area contributed by atoms with Gasteiger partial charge in [-0.3, -0.25) is 9.59 Å². The predicted molar refractivity (Wildman–Crippen MR) is 165 cm³/mol. The van der Waals surface area contributed by atoms with E-state index in [0.29, 0.717) is 16.8 Å². The number of rotatable bonds is 10. The number of amides is 3. The van der Waals surface area contributed by atoms with E-state index in [1.54, 1.807) is 39.0 Å². The topological polar surface area (TPSA) is 108 Å². The predicted octanol–water partition coefficient (Wildman–Crippen LogP) is 6.15. The van der Waals surface area contributed by atoms with Crippen LogP contribution in [0.5, 0.6) is 5.75 Å². The number of phenols is 1. The molecule has 3 N–H and O–H groups in total. The zero-order valence-corrected chi connectivity index (χ0v) is 25.2. The van der Waals surface area contributed by atoms with Gasteiger partial charge in [-0.1, -0.05) is 54.6 Å². The molecular formula is C34H41N3O5. The Morgan fingerprint density at radius 2 is 1.62 bits per heavy atom. The van der Waals surface area contributed by atoms with Crippen molar-refractivity contribution in [1.29, 1.82) is 0 Å². The first kappa shape index (κ1) is 31.9. The first-order chi connectivity index (χ1) is 19.8. The Kier molecular flexibility index (Phi) is 10.5. The smallest absolute Gasteiger partial charge is 0.408 e. The molecule has 0 aromatic heterocycles. The van der Waals surface area contributed by atoms with Gasteiger partial charge in [-0.05, 0) is 87.6 Å². The summed E-state index contributed by atoms with van der Waals surface area (Å²) in [7, 11) is 0. The van der Waals surface area contributed by atoms with E-state index < -0.39 is 35.6 Å². The highest BCUT2D eigenvalue weighted by Crippen LogP contribution is 2.27. The summed E-state index contributed by atoms with van der Waals surface area (Å²) in [6.45, 7) is 14.9. The Bertz CT molecular complexity index is 1430. The number of alkyl carbamates (subject to hydrolysis) is 1. The largest absolute Gasteiger partial charge is 0.508 e. The normalized spacial score (nSPS) is 12.5. The highest BCUT2D eigenvalue weighted by atomic mass is 16.6. The molecule has 0 spiro atoms. The number of hydrogen-bond acceptors (Lipinski definition) is 5. The lowest BCUT2D eigenvalue weighted by Crippen LogP contribution is -2.53. The molecule has 8 nitrogen and oxygen atoms in total. The van der Waals surface area contributed by atoms with Gasteiger partial charge in [0.1, 0.15) is 23.4 Å². The number of anilines is 1. The first-order valence-electron chi connectivity index (χ1n) is 13.9. The number of hydrogen-bond donors (Lipinski definition) is 3.